The molecule has 5 heteroatoms. The molecule has 1 atom stereocenters. The summed E-state index contributed by atoms with van der Waals surface area (Å²) in [6, 6.07) is 6.43. The number of carbonyl (C=O) groups is 1. The van der Waals surface area contributed by atoms with Crippen molar-refractivity contribution in [3.8, 4) is 5.75 Å². The SMILES string of the molecule is COC(=O)OC1=CCCN(CCC2CCc3ccc(OC)cc32)C1. The van der Waals surface area contributed by atoms with Crippen LogP contribution in [-0.4, -0.2) is 44.9 Å². The highest BCUT2D eigenvalue weighted by molar-refractivity contribution is 5.61. The van der Waals surface area contributed by atoms with E-state index in [0.717, 1.165) is 38.1 Å². The second-order valence-electron chi connectivity index (χ2n) is 6.38. The molecule has 0 radical (unpaired) electrons. The van der Waals surface area contributed by atoms with Crippen LogP contribution in [0.25, 0.3) is 0 Å². The topological polar surface area (TPSA) is 48.0 Å². The van der Waals surface area contributed by atoms with Crippen LogP contribution in [0.4, 0.5) is 4.79 Å². The van der Waals surface area contributed by atoms with Crippen LogP contribution in [0.5, 0.6) is 5.75 Å². The summed E-state index contributed by atoms with van der Waals surface area (Å²) in [5.41, 5.74) is 2.89. The molecule has 24 heavy (non-hydrogen) atoms. The van der Waals surface area contributed by atoms with Gasteiger partial charge >= 0.3 is 6.16 Å². The molecule has 130 valence electrons. The van der Waals surface area contributed by atoms with Crippen molar-refractivity contribution in [1.82, 2.24) is 4.90 Å². The van der Waals surface area contributed by atoms with E-state index in [0.29, 0.717) is 18.2 Å². The lowest BCUT2D eigenvalue weighted by atomic mass is 9.97. The number of benzene rings is 1. The van der Waals surface area contributed by atoms with Crippen molar-refractivity contribution in [3.63, 3.8) is 0 Å². The number of hydrogen-bond donors (Lipinski definition) is 0. The van der Waals surface area contributed by atoms with Gasteiger partial charge in [0.1, 0.15) is 11.5 Å². The van der Waals surface area contributed by atoms with E-state index in [9.17, 15) is 4.79 Å². The molecule has 5 nitrogen and oxygen atoms in total. The minimum atomic E-state index is -0.639. The maximum absolute atomic E-state index is 11.2. The van der Waals surface area contributed by atoms with Gasteiger partial charge in [-0.1, -0.05) is 6.07 Å². The Morgan fingerprint density at radius 1 is 1.33 bits per heavy atom. The van der Waals surface area contributed by atoms with Crippen molar-refractivity contribution in [3.05, 3.63) is 41.2 Å². The number of rotatable bonds is 5. The van der Waals surface area contributed by atoms with E-state index in [-0.39, 0.29) is 0 Å². The molecule has 0 spiro atoms. The number of methoxy groups -OCH3 is 2. The molecular weight excluding hydrogens is 306 g/mol. The first-order valence-corrected chi connectivity index (χ1v) is 8.53. The van der Waals surface area contributed by atoms with Crippen molar-refractivity contribution in [2.75, 3.05) is 33.9 Å². The van der Waals surface area contributed by atoms with Gasteiger partial charge in [-0.3, -0.25) is 4.90 Å². The second-order valence-corrected chi connectivity index (χ2v) is 6.38. The minimum absolute atomic E-state index is 0.589. The van der Waals surface area contributed by atoms with Crippen LogP contribution < -0.4 is 4.74 Å². The number of ether oxygens (including phenoxy) is 3. The van der Waals surface area contributed by atoms with Crippen LogP contribution in [0.15, 0.2) is 30.0 Å². The van der Waals surface area contributed by atoms with Crippen molar-refractivity contribution in [1.29, 1.82) is 0 Å². The number of nitrogens with zero attached hydrogens (tertiary/aromatic N) is 1. The Kier molecular flexibility index (Phi) is 5.41. The molecule has 3 rings (SSSR count). The van der Waals surface area contributed by atoms with Crippen molar-refractivity contribution in [2.24, 2.45) is 0 Å². The zero-order chi connectivity index (χ0) is 16.9. The van der Waals surface area contributed by atoms with E-state index in [4.69, 9.17) is 9.47 Å². The van der Waals surface area contributed by atoms with Crippen LogP contribution in [0, 0.1) is 0 Å². The highest BCUT2D eigenvalue weighted by Gasteiger charge is 2.24. The van der Waals surface area contributed by atoms with Crippen LogP contribution >= 0.6 is 0 Å². The van der Waals surface area contributed by atoms with Gasteiger partial charge in [-0.15, -0.1) is 0 Å². The largest absolute Gasteiger partial charge is 0.513 e. The third kappa shape index (κ3) is 3.90. The Morgan fingerprint density at radius 2 is 2.21 bits per heavy atom. The Balaban J connectivity index is 1.54. The first kappa shape index (κ1) is 16.8. The van der Waals surface area contributed by atoms with Gasteiger partial charge in [-0.25, -0.2) is 4.79 Å². The van der Waals surface area contributed by atoms with Crippen molar-refractivity contribution in [2.45, 2.75) is 31.6 Å². The minimum Gasteiger partial charge on any atom is -0.497 e. The van der Waals surface area contributed by atoms with Gasteiger partial charge in [-0.2, -0.15) is 0 Å². The third-order valence-corrected chi connectivity index (χ3v) is 4.93. The lowest BCUT2D eigenvalue weighted by Crippen LogP contribution is -2.32. The highest BCUT2D eigenvalue weighted by Crippen LogP contribution is 2.37. The summed E-state index contributed by atoms with van der Waals surface area (Å²) in [6.45, 7) is 2.68. The fourth-order valence-corrected chi connectivity index (χ4v) is 3.62. The van der Waals surface area contributed by atoms with E-state index in [2.05, 4.69) is 21.8 Å². The summed E-state index contributed by atoms with van der Waals surface area (Å²) >= 11 is 0. The lowest BCUT2D eigenvalue weighted by molar-refractivity contribution is 0.0870. The van der Waals surface area contributed by atoms with Gasteiger partial charge in [0.25, 0.3) is 0 Å². The summed E-state index contributed by atoms with van der Waals surface area (Å²) in [7, 11) is 3.05. The molecule has 0 aromatic heterocycles. The zero-order valence-corrected chi connectivity index (χ0v) is 14.4. The predicted octanol–water partition coefficient (Wildman–Crippen LogP) is 3.49. The Morgan fingerprint density at radius 3 is 3.00 bits per heavy atom. The van der Waals surface area contributed by atoms with Crippen LogP contribution in [-0.2, 0) is 15.9 Å². The molecule has 1 heterocycles. The molecule has 0 amide bonds. The Labute approximate surface area is 143 Å². The fourth-order valence-electron chi connectivity index (χ4n) is 3.62. The third-order valence-electron chi connectivity index (χ3n) is 4.93. The van der Waals surface area contributed by atoms with Crippen LogP contribution in [0.2, 0.25) is 0 Å². The van der Waals surface area contributed by atoms with Gasteiger partial charge in [0.15, 0.2) is 0 Å². The quantitative estimate of drug-likeness (QED) is 0.773. The average Bonchev–Trinajstić information content (AvgIpc) is 3.02. The van der Waals surface area contributed by atoms with E-state index in [1.54, 1.807) is 7.11 Å². The van der Waals surface area contributed by atoms with E-state index >= 15 is 0 Å². The molecule has 1 unspecified atom stereocenters. The molecule has 2 aliphatic rings. The molecule has 0 saturated heterocycles. The normalized spacial score (nSPS) is 20.2. The summed E-state index contributed by atoms with van der Waals surface area (Å²) < 4.78 is 15.1. The average molecular weight is 331 g/mol. The van der Waals surface area contributed by atoms with Crippen molar-refractivity contribution < 1.29 is 19.0 Å². The van der Waals surface area contributed by atoms with Crippen molar-refractivity contribution >= 4 is 6.16 Å². The molecule has 1 aromatic carbocycles. The molecule has 1 aromatic rings. The Hall–Kier alpha value is -2.01. The lowest BCUT2D eigenvalue weighted by Gasteiger charge is -2.27. The number of aryl methyl sites for hydroxylation is 1. The summed E-state index contributed by atoms with van der Waals surface area (Å²) in [5.74, 6) is 2.22. The van der Waals surface area contributed by atoms with Crippen LogP contribution in [0.3, 0.4) is 0 Å². The molecule has 0 bridgehead atoms. The van der Waals surface area contributed by atoms with Gasteiger partial charge in [-0.05, 0) is 67.5 Å². The molecular formula is C19H25NO4. The molecule has 1 aliphatic carbocycles. The monoisotopic (exact) mass is 331 g/mol. The van der Waals surface area contributed by atoms with Gasteiger partial charge in [0, 0.05) is 6.54 Å². The highest BCUT2D eigenvalue weighted by atomic mass is 16.7. The maximum atomic E-state index is 11.2. The summed E-state index contributed by atoms with van der Waals surface area (Å²) in [5, 5.41) is 0. The number of fused-ring (bicyclic) bond motifs is 1. The van der Waals surface area contributed by atoms with Gasteiger partial charge in [0.2, 0.25) is 0 Å². The number of hydrogen-bond acceptors (Lipinski definition) is 5. The first-order valence-electron chi connectivity index (χ1n) is 8.53. The first-order chi connectivity index (χ1) is 11.7. The van der Waals surface area contributed by atoms with E-state index in [1.165, 1.54) is 24.7 Å². The Bertz CT molecular complexity index is 626. The fraction of sp³-hybridized carbons (Fsp3) is 0.526. The molecule has 0 N–H and O–H groups in total. The standard InChI is InChI=1S/C19H25NO4/c1-22-16-8-7-14-5-6-15(18(14)12-16)9-11-20-10-3-4-17(13-20)24-19(21)23-2/h4,7-8,12,15H,3,5-6,9-11,13H2,1-2H3. The maximum Gasteiger partial charge on any atom is 0.513 e. The summed E-state index contributed by atoms with van der Waals surface area (Å²) in [4.78, 5) is 13.6. The van der Waals surface area contributed by atoms with E-state index in [1.807, 2.05) is 12.1 Å². The smallest absolute Gasteiger partial charge is 0.497 e. The summed E-state index contributed by atoms with van der Waals surface area (Å²) in [6.07, 6.45) is 5.72. The van der Waals surface area contributed by atoms with Gasteiger partial charge < -0.3 is 14.2 Å². The molecule has 1 aliphatic heterocycles. The van der Waals surface area contributed by atoms with E-state index < -0.39 is 6.16 Å². The second kappa shape index (κ2) is 7.71. The molecule has 0 fully saturated rings. The zero-order valence-electron chi connectivity index (χ0n) is 14.4. The van der Waals surface area contributed by atoms with Gasteiger partial charge in [0.05, 0.1) is 20.8 Å². The molecule has 0 saturated carbocycles. The predicted molar refractivity (Wildman–Crippen MR) is 91.3 cm³/mol. The van der Waals surface area contributed by atoms with Crippen LogP contribution in [0.1, 0.15) is 36.3 Å². The number of carbonyl (C=O) groups excluding carboxylic acids is 1.